The molecule has 1 saturated heterocycles. The third-order valence-corrected chi connectivity index (χ3v) is 9.01. The number of amides is 3. The number of rotatable bonds is 11. The van der Waals surface area contributed by atoms with Gasteiger partial charge in [-0.05, 0) is 73.9 Å². The van der Waals surface area contributed by atoms with Crippen LogP contribution in [0.25, 0.3) is 11.0 Å². The van der Waals surface area contributed by atoms with Gasteiger partial charge >= 0.3 is 5.51 Å². The number of halogens is 4. The molecule has 264 valence electrons. The van der Waals surface area contributed by atoms with Crippen LogP contribution in [0.2, 0.25) is 5.02 Å². The van der Waals surface area contributed by atoms with Gasteiger partial charge in [-0.2, -0.15) is 13.2 Å². The second-order valence-electron chi connectivity index (χ2n) is 11.9. The molecular formula is C35H35ClF3N5O5S. The van der Waals surface area contributed by atoms with Gasteiger partial charge in [0.1, 0.15) is 11.6 Å². The van der Waals surface area contributed by atoms with Crippen LogP contribution in [0, 0.1) is 0 Å². The molecule has 50 heavy (non-hydrogen) atoms. The standard InChI is InChI=1S/C35H35ClF3N5O5S/c1-42(2)14-13-40-32(46)25-5-3-4-6-28(25)43-15-17-44(18-16-43)34(48)27(19-22-7-9-23(36)10-8-22)41-33(47)31-21-29(45)26-20-24(50-35(37,38)39)11-12-30(26)49-31/h3-12,20-21,27H,13-19H2,1-2H3,(H,40,46)(H,41,47)/t27-/m1/s1. The van der Waals surface area contributed by atoms with Crippen LogP contribution in [0.3, 0.4) is 0 Å². The number of piperazine rings is 1. The Balaban J connectivity index is 1.31. The second-order valence-corrected chi connectivity index (χ2v) is 13.5. The number of hydrogen-bond acceptors (Lipinski definition) is 8. The summed E-state index contributed by atoms with van der Waals surface area (Å²) in [6.07, 6.45) is 0.105. The predicted molar refractivity (Wildman–Crippen MR) is 187 cm³/mol. The number of hydrogen-bond donors (Lipinski definition) is 2. The lowest BCUT2D eigenvalue weighted by Crippen LogP contribution is -2.55. The molecule has 3 aromatic carbocycles. The van der Waals surface area contributed by atoms with Crippen LogP contribution in [0.4, 0.5) is 18.9 Å². The summed E-state index contributed by atoms with van der Waals surface area (Å²) in [6.45, 7) is 2.68. The first-order valence-electron chi connectivity index (χ1n) is 15.7. The highest BCUT2D eigenvalue weighted by Gasteiger charge is 2.32. The van der Waals surface area contributed by atoms with Crippen molar-refractivity contribution >= 4 is 57.7 Å². The lowest BCUT2D eigenvalue weighted by atomic mass is 10.0. The van der Waals surface area contributed by atoms with E-state index < -0.39 is 28.6 Å². The smallest absolute Gasteiger partial charge is 0.446 e. The quantitative estimate of drug-likeness (QED) is 0.207. The summed E-state index contributed by atoms with van der Waals surface area (Å²) >= 11 is 5.69. The predicted octanol–water partition coefficient (Wildman–Crippen LogP) is 5.04. The Labute approximate surface area is 295 Å². The molecule has 1 aliphatic heterocycles. The van der Waals surface area contributed by atoms with E-state index in [1.807, 2.05) is 36.0 Å². The number of anilines is 1. The van der Waals surface area contributed by atoms with Crippen LogP contribution >= 0.6 is 23.4 Å². The summed E-state index contributed by atoms with van der Waals surface area (Å²) in [5, 5.41) is 6.03. The van der Waals surface area contributed by atoms with Gasteiger partial charge in [0.15, 0.2) is 11.2 Å². The van der Waals surface area contributed by atoms with Crippen LogP contribution in [0.15, 0.2) is 86.9 Å². The Hall–Kier alpha value is -4.53. The minimum Gasteiger partial charge on any atom is -0.451 e. The van der Waals surface area contributed by atoms with Crippen LogP contribution in [-0.2, 0) is 11.2 Å². The van der Waals surface area contributed by atoms with Gasteiger partial charge in [-0.1, -0.05) is 35.9 Å². The number of carbonyl (C=O) groups is 3. The average Bonchev–Trinajstić information content (AvgIpc) is 3.08. The summed E-state index contributed by atoms with van der Waals surface area (Å²) in [5.74, 6) is -1.77. The third-order valence-electron chi connectivity index (χ3n) is 8.04. The Kier molecular flexibility index (Phi) is 11.8. The summed E-state index contributed by atoms with van der Waals surface area (Å²) in [7, 11) is 3.85. The Morgan fingerprint density at radius 3 is 2.34 bits per heavy atom. The molecule has 10 nitrogen and oxygen atoms in total. The minimum atomic E-state index is -4.54. The van der Waals surface area contributed by atoms with Crippen LogP contribution in [0.1, 0.15) is 26.5 Å². The molecule has 1 aliphatic rings. The number of benzene rings is 3. The van der Waals surface area contributed by atoms with Crippen molar-refractivity contribution in [1.82, 2.24) is 20.4 Å². The number of nitrogens with zero attached hydrogens (tertiary/aromatic N) is 3. The van der Waals surface area contributed by atoms with Gasteiger partial charge in [0.25, 0.3) is 11.8 Å². The van der Waals surface area contributed by atoms with Gasteiger partial charge in [-0.3, -0.25) is 19.2 Å². The number of carbonyl (C=O) groups excluding carboxylic acids is 3. The number of fused-ring (bicyclic) bond motifs is 1. The lowest BCUT2D eigenvalue weighted by molar-refractivity contribution is -0.133. The minimum absolute atomic E-state index is 0.0717. The zero-order valence-electron chi connectivity index (χ0n) is 27.3. The molecule has 1 aromatic heterocycles. The zero-order valence-corrected chi connectivity index (χ0v) is 28.8. The molecule has 0 radical (unpaired) electrons. The van der Waals surface area contributed by atoms with Crippen LogP contribution in [-0.4, -0.2) is 92.4 Å². The zero-order chi connectivity index (χ0) is 36.0. The highest BCUT2D eigenvalue weighted by atomic mass is 35.5. The Morgan fingerprint density at radius 1 is 0.960 bits per heavy atom. The summed E-state index contributed by atoms with van der Waals surface area (Å²) in [4.78, 5) is 58.7. The monoisotopic (exact) mass is 729 g/mol. The maximum atomic E-state index is 14.0. The van der Waals surface area contributed by atoms with Crippen molar-refractivity contribution in [2.24, 2.45) is 0 Å². The molecule has 4 aromatic rings. The van der Waals surface area contributed by atoms with E-state index in [0.29, 0.717) is 49.9 Å². The normalized spacial score (nSPS) is 14.1. The first kappa shape index (κ1) is 36.7. The molecule has 2 N–H and O–H groups in total. The molecular weight excluding hydrogens is 695 g/mol. The van der Waals surface area contributed by atoms with E-state index in [4.69, 9.17) is 16.0 Å². The number of thioether (sulfide) groups is 1. The molecule has 3 amide bonds. The first-order valence-corrected chi connectivity index (χ1v) is 16.9. The number of nitrogens with one attached hydrogen (secondary N) is 2. The molecule has 15 heteroatoms. The first-order chi connectivity index (χ1) is 23.8. The maximum Gasteiger partial charge on any atom is 0.446 e. The van der Waals surface area contributed by atoms with Crippen molar-refractivity contribution in [1.29, 1.82) is 0 Å². The van der Waals surface area contributed by atoms with Gasteiger partial charge in [-0.25, -0.2) is 0 Å². The number of likely N-dealkylation sites (N-methyl/N-ethyl adjacent to an activating group) is 1. The highest BCUT2D eigenvalue weighted by molar-refractivity contribution is 8.00. The van der Waals surface area contributed by atoms with Gasteiger partial charge in [0.2, 0.25) is 5.91 Å². The Bertz CT molecular complexity index is 1910. The third kappa shape index (κ3) is 9.58. The SMILES string of the molecule is CN(C)CCNC(=O)c1ccccc1N1CCN(C(=O)[C@@H](Cc2ccc(Cl)cc2)NC(=O)c2cc(=O)c3cc(SC(F)(F)F)ccc3o2)CC1. The summed E-state index contributed by atoms with van der Waals surface area (Å²) in [5.41, 5.74) is -3.31. The second kappa shape index (κ2) is 16.0. The van der Waals surface area contributed by atoms with Gasteiger partial charge < -0.3 is 29.8 Å². The van der Waals surface area contributed by atoms with E-state index >= 15 is 0 Å². The Morgan fingerprint density at radius 2 is 1.66 bits per heavy atom. The van der Waals surface area contributed by atoms with Crippen molar-refractivity contribution in [2.75, 3.05) is 58.3 Å². The molecule has 2 heterocycles. The van der Waals surface area contributed by atoms with E-state index in [1.54, 1.807) is 41.3 Å². The van der Waals surface area contributed by atoms with E-state index in [0.717, 1.165) is 29.4 Å². The topological polar surface area (TPSA) is 115 Å². The highest BCUT2D eigenvalue weighted by Crippen LogP contribution is 2.37. The summed E-state index contributed by atoms with van der Waals surface area (Å²) < 4.78 is 44.2. The molecule has 1 fully saturated rings. The molecule has 0 saturated carbocycles. The summed E-state index contributed by atoms with van der Waals surface area (Å²) in [6, 6.07) is 17.3. The van der Waals surface area contributed by atoms with E-state index in [2.05, 4.69) is 10.6 Å². The molecule has 0 spiro atoms. The van der Waals surface area contributed by atoms with E-state index in [-0.39, 0.29) is 45.9 Å². The van der Waals surface area contributed by atoms with E-state index in [1.165, 1.54) is 6.07 Å². The maximum absolute atomic E-state index is 14.0. The van der Waals surface area contributed by atoms with Crippen LogP contribution < -0.4 is 21.0 Å². The van der Waals surface area contributed by atoms with Gasteiger partial charge in [0, 0.05) is 67.4 Å². The fraction of sp³-hybridized carbons (Fsp3) is 0.314. The van der Waals surface area contributed by atoms with Gasteiger partial charge in [-0.15, -0.1) is 0 Å². The molecule has 0 unspecified atom stereocenters. The van der Waals surface area contributed by atoms with Crippen molar-refractivity contribution in [3.8, 4) is 0 Å². The van der Waals surface area contributed by atoms with Crippen LogP contribution in [0.5, 0.6) is 0 Å². The molecule has 1 atom stereocenters. The largest absolute Gasteiger partial charge is 0.451 e. The van der Waals surface area contributed by atoms with Gasteiger partial charge in [0.05, 0.1) is 10.9 Å². The van der Waals surface area contributed by atoms with Crippen molar-refractivity contribution < 1.29 is 32.0 Å². The molecule has 0 aliphatic carbocycles. The van der Waals surface area contributed by atoms with Crippen molar-refractivity contribution in [3.63, 3.8) is 0 Å². The van der Waals surface area contributed by atoms with Crippen molar-refractivity contribution in [2.45, 2.75) is 22.9 Å². The van der Waals surface area contributed by atoms with Crippen molar-refractivity contribution in [3.05, 3.63) is 105 Å². The lowest BCUT2D eigenvalue weighted by Gasteiger charge is -2.38. The fourth-order valence-electron chi connectivity index (χ4n) is 5.55. The fourth-order valence-corrected chi connectivity index (χ4v) is 6.25. The molecule has 0 bridgehead atoms. The number of para-hydroxylation sites is 1. The average molecular weight is 730 g/mol. The number of alkyl halides is 3. The molecule has 5 rings (SSSR count). The van der Waals surface area contributed by atoms with E-state index in [9.17, 15) is 32.3 Å².